The minimum absolute atomic E-state index is 0.102. The number of nitrogens with zero attached hydrogens (tertiary/aromatic N) is 1. The van der Waals surface area contributed by atoms with E-state index in [9.17, 15) is 14.9 Å². The lowest BCUT2D eigenvalue weighted by Crippen LogP contribution is -2.04. The van der Waals surface area contributed by atoms with Crippen LogP contribution in [0.4, 0.5) is 5.69 Å². The molecular weight excluding hydrogens is 184 g/mol. The van der Waals surface area contributed by atoms with E-state index in [-0.39, 0.29) is 5.57 Å². The molecule has 0 unspecified atom stereocenters. The maximum atomic E-state index is 11.3. The monoisotopic (exact) mass is 190 g/mol. The van der Waals surface area contributed by atoms with E-state index >= 15 is 0 Å². The van der Waals surface area contributed by atoms with Gasteiger partial charge in [0.25, 0.3) is 5.91 Å². The molecule has 0 bridgehead atoms. The average molecular weight is 190 g/mol. The van der Waals surface area contributed by atoms with Gasteiger partial charge in [0.2, 0.25) is 6.20 Å². The molecule has 5 heteroatoms. The highest BCUT2D eigenvalue weighted by molar-refractivity contribution is 6.31. The fraction of sp³-hybridized carbons (Fsp3) is 0. The molecule has 0 atom stereocenters. The van der Waals surface area contributed by atoms with Gasteiger partial charge in [0.1, 0.15) is 5.57 Å². The molecule has 1 aliphatic rings. The topological polar surface area (TPSA) is 72.2 Å². The standard InChI is InChI=1S/C9H6N2O3/c12-9-7(5-11(13)14)6-3-1-2-4-8(6)10-9/h1-5H,(H,10,12)/b7-5-. The first-order valence-corrected chi connectivity index (χ1v) is 3.94. The summed E-state index contributed by atoms with van der Waals surface area (Å²) in [6.45, 7) is 0. The van der Waals surface area contributed by atoms with Crippen LogP contribution in [-0.4, -0.2) is 10.8 Å². The van der Waals surface area contributed by atoms with Crippen molar-refractivity contribution in [3.63, 3.8) is 0 Å². The molecule has 1 N–H and O–H groups in total. The Labute approximate surface area is 79.2 Å². The molecule has 1 aliphatic heterocycles. The molecule has 5 nitrogen and oxygen atoms in total. The summed E-state index contributed by atoms with van der Waals surface area (Å²) in [4.78, 5) is 20.9. The van der Waals surface area contributed by atoms with Gasteiger partial charge < -0.3 is 5.32 Å². The summed E-state index contributed by atoms with van der Waals surface area (Å²) >= 11 is 0. The zero-order valence-corrected chi connectivity index (χ0v) is 7.06. The van der Waals surface area contributed by atoms with Gasteiger partial charge in [0.15, 0.2) is 0 Å². The van der Waals surface area contributed by atoms with Crippen molar-refractivity contribution in [2.45, 2.75) is 0 Å². The number of amides is 1. The third-order valence-electron chi connectivity index (χ3n) is 1.94. The van der Waals surface area contributed by atoms with Crippen LogP contribution in [-0.2, 0) is 4.79 Å². The van der Waals surface area contributed by atoms with Crippen molar-refractivity contribution in [3.8, 4) is 0 Å². The maximum absolute atomic E-state index is 11.3. The van der Waals surface area contributed by atoms with Crippen molar-refractivity contribution in [2.75, 3.05) is 5.32 Å². The number of rotatable bonds is 1. The van der Waals surface area contributed by atoms with Gasteiger partial charge in [0, 0.05) is 11.3 Å². The van der Waals surface area contributed by atoms with E-state index in [1.807, 2.05) is 0 Å². The quantitative estimate of drug-likeness (QED) is 0.411. The molecule has 2 rings (SSSR count). The predicted octanol–water partition coefficient (Wildman–Crippen LogP) is 1.26. The van der Waals surface area contributed by atoms with E-state index in [1.165, 1.54) is 0 Å². The molecule has 0 fully saturated rings. The van der Waals surface area contributed by atoms with Crippen molar-refractivity contribution < 1.29 is 9.72 Å². The third-order valence-corrected chi connectivity index (χ3v) is 1.94. The average Bonchev–Trinajstić information content (AvgIpc) is 2.43. The smallest absolute Gasteiger partial charge is 0.262 e. The number of anilines is 1. The molecule has 70 valence electrons. The van der Waals surface area contributed by atoms with Crippen LogP contribution in [0.3, 0.4) is 0 Å². The summed E-state index contributed by atoms with van der Waals surface area (Å²) in [5, 5.41) is 12.8. The Morgan fingerprint density at radius 3 is 2.79 bits per heavy atom. The fourth-order valence-electron chi connectivity index (χ4n) is 1.37. The van der Waals surface area contributed by atoms with Crippen LogP contribution < -0.4 is 5.32 Å². The van der Waals surface area contributed by atoms with Crippen molar-refractivity contribution in [2.24, 2.45) is 0 Å². The summed E-state index contributed by atoms with van der Waals surface area (Å²) in [5.74, 6) is -0.428. The highest BCUT2D eigenvalue weighted by Gasteiger charge is 2.26. The number of hydrogen-bond acceptors (Lipinski definition) is 3. The molecule has 0 aromatic heterocycles. The number of carbonyl (C=O) groups excluding carboxylic acids is 1. The molecule has 0 saturated carbocycles. The van der Waals surface area contributed by atoms with Crippen LogP contribution in [0.1, 0.15) is 5.56 Å². The summed E-state index contributed by atoms with van der Waals surface area (Å²) in [7, 11) is 0. The number of benzene rings is 1. The normalized spacial score (nSPS) is 16.6. The Balaban J connectivity index is 2.55. The maximum Gasteiger partial charge on any atom is 0.262 e. The van der Waals surface area contributed by atoms with Gasteiger partial charge in [-0.25, -0.2) is 0 Å². The number of fused-ring (bicyclic) bond motifs is 1. The Bertz CT molecular complexity index is 451. The number of para-hydroxylation sites is 1. The highest BCUT2D eigenvalue weighted by Crippen LogP contribution is 2.30. The van der Waals surface area contributed by atoms with Gasteiger partial charge in [0.05, 0.1) is 4.92 Å². The van der Waals surface area contributed by atoms with E-state index in [1.54, 1.807) is 24.3 Å². The molecular formula is C9H6N2O3. The Kier molecular flexibility index (Phi) is 1.78. The van der Waals surface area contributed by atoms with Crippen molar-refractivity contribution in [1.82, 2.24) is 0 Å². The Hall–Kier alpha value is -2.17. The first kappa shape index (κ1) is 8.43. The van der Waals surface area contributed by atoms with E-state index in [2.05, 4.69) is 5.32 Å². The van der Waals surface area contributed by atoms with Gasteiger partial charge in [-0.05, 0) is 6.07 Å². The Morgan fingerprint density at radius 2 is 2.07 bits per heavy atom. The molecule has 0 aliphatic carbocycles. The lowest BCUT2D eigenvalue weighted by Gasteiger charge is -1.93. The minimum atomic E-state index is -0.628. The van der Waals surface area contributed by atoms with Crippen LogP contribution >= 0.6 is 0 Å². The predicted molar refractivity (Wildman–Crippen MR) is 50.0 cm³/mol. The van der Waals surface area contributed by atoms with Crippen molar-refractivity contribution in [1.29, 1.82) is 0 Å². The molecule has 1 amide bonds. The molecule has 0 spiro atoms. The number of nitro groups is 1. The van der Waals surface area contributed by atoms with Crippen LogP contribution in [0.5, 0.6) is 0 Å². The van der Waals surface area contributed by atoms with Gasteiger partial charge in [-0.3, -0.25) is 14.9 Å². The fourth-order valence-corrected chi connectivity index (χ4v) is 1.37. The lowest BCUT2D eigenvalue weighted by atomic mass is 10.1. The zero-order valence-electron chi connectivity index (χ0n) is 7.06. The van der Waals surface area contributed by atoms with Gasteiger partial charge in [-0.2, -0.15) is 0 Å². The first-order chi connectivity index (χ1) is 6.68. The zero-order chi connectivity index (χ0) is 10.1. The summed E-state index contributed by atoms with van der Waals surface area (Å²) in [6, 6.07) is 6.86. The summed E-state index contributed by atoms with van der Waals surface area (Å²) < 4.78 is 0. The van der Waals surface area contributed by atoms with Crippen LogP contribution in [0.2, 0.25) is 0 Å². The molecule has 0 saturated heterocycles. The second kappa shape index (κ2) is 2.95. The second-order valence-electron chi connectivity index (χ2n) is 2.83. The molecule has 1 aromatic rings. The minimum Gasteiger partial charge on any atom is -0.321 e. The third kappa shape index (κ3) is 1.24. The van der Waals surface area contributed by atoms with Crippen LogP contribution in [0.25, 0.3) is 5.57 Å². The number of carbonyl (C=O) groups is 1. The number of nitrogens with one attached hydrogen (secondary N) is 1. The van der Waals surface area contributed by atoms with Gasteiger partial charge in [-0.1, -0.05) is 18.2 Å². The van der Waals surface area contributed by atoms with E-state index < -0.39 is 10.8 Å². The number of hydrogen-bond donors (Lipinski definition) is 1. The summed E-state index contributed by atoms with van der Waals surface area (Å²) in [6.07, 6.45) is 0.723. The van der Waals surface area contributed by atoms with E-state index in [0.29, 0.717) is 11.3 Å². The van der Waals surface area contributed by atoms with Crippen LogP contribution in [0, 0.1) is 10.1 Å². The van der Waals surface area contributed by atoms with Crippen molar-refractivity contribution >= 4 is 17.2 Å². The first-order valence-electron chi connectivity index (χ1n) is 3.94. The molecule has 14 heavy (non-hydrogen) atoms. The SMILES string of the molecule is O=C1Nc2ccccc2/C1=C/[N+](=O)[O-]. The largest absolute Gasteiger partial charge is 0.321 e. The highest BCUT2D eigenvalue weighted by atomic mass is 16.6. The molecule has 1 heterocycles. The molecule has 1 aromatic carbocycles. The van der Waals surface area contributed by atoms with Gasteiger partial charge >= 0.3 is 0 Å². The lowest BCUT2D eigenvalue weighted by molar-refractivity contribution is -0.401. The second-order valence-corrected chi connectivity index (χ2v) is 2.83. The summed E-state index contributed by atoms with van der Waals surface area (Å²) in [5.41, 5.74) is 1.30. The Morgan fingerprint density at radius 1 is 1.36 bits per heavy atom. The van der Waals surface area contributed by atoms with Crippen LogP contribution in [0.15, 0.2) is 30.5 Å². The van der Waals surface area contributed by atoms with E-state index in [4.69, 9.17) is 0 Å². The van der Waals surface area contributed by atoms with E-state index in [0.717, 1.165) is 6.20 Å². The van der Waals surface area contributed by atoms with Gasteiger partial charge in [-0.15, -0.1) is 0 Å². The molecule has 0 radical (unpaired) electrons. The van der Waals surface area contributed by atoms with Crippen molar-refractivity contribution in [3.05, 3.63) is 46.1 Å².